The second-order valence-electron chi connectivity index (χ2n) is 18.3. The van der Waals surface area contributed by atoms with E-state index < -0.39 is 17.0 Å². The van der Waals surface area contributed by atoms with Crippen molar-refractivity contribution in [3.63, 3.8) is 0 Å². The normalized spacial score (nSPS) is 12.9. The Morgan fingerprint density at radius 3 is 1.67 bits per heavy atom. The summed E-state index contributed by atoms with van der Waals surface area (Å²) in [6.07, 6.45) is 1.91. The summed E-state index contributed by atoms with van der Waals surface area (Å²) in [5.41, 5.74) is 11.4. The van der Waals surface area contributed by atoms with Crippen molar-refractivity contribution in [1.82, 2.24) is 0 Å². The number of aryl methyl sites for hydroxylation is 1. The van der Waals surface area contributed by atoms with Gasteiger partial charge in [-0.15, -0.1) is 0 Å². The van der Waals surface area contributed by atoms with Gasteiger partial charge in [-0.3, -0.25) is 4.99 Å². The van der Waals surface area contributed by atoms with Gasteiger partial charge in [-0.2, -0.15) is 0 Å². The van der Waals surface area contributed by atoms with E-state index >= 15 is 0 Å². The van der Waals surface area contributed by atoms with Crippen molar-refractivity contribution in [2.24, 2.45) is 4.99 Å². The molecule has 11 rings (SSSR count). The highest BCUT2D eigenvalue weighted by molar-refractivity contribution is 7.99. The fraction of sp³-hybridized carbons (Fsp3) is 0.177. The summed E-state index contributed by atoms with van der Waals surface area (Å²) < 4.78 is 36.1. The third-order valence-corrected chi connectivity index (χ3v) is 17.1. The van der Waals surface area contributed by atoms with Crippen LogP contribution in [0.2, 0.25) is 0 Å². The van der Waals surface area contributed by atoms with E-state index in [1.165, 1.54) is 63.7 Å². The Morgan fingerprint density at radius 2 is 1.07 bits per heavy atom. The molecule has 2 N–H and O–H groups in total. The van der Waals surface area contributed by atoms with Crippen LogP contribution in [0, 0.1) is 6.92 Å². The van der Waals surface area contributed by atoms with Gasteiger partial charge in [-0.1, -0.05) is 151 Å². The molecule has 11 heteroatoms. The van der Waals surface area contributed by atoms with Crippen LogP contribution in [0.3, 0.4) is 0 Å². The molecule has 7 nitrogen and oxygen atoms in total. The molecule has 1 unspecified atom stereocenters. The maximum atomic E-state index is 12.5. The first kappa shape index (κ1) is 51.3. The molecule has 0 spiro atoms. The molecule has 0 saturated heterocycles. The third-order valence-electron chi connectivity index (χ3n) is 13.2. The van der Waals surface area contributed by atoms with Crippen LogP contribution in [-0.2, 0) is 22.7 Å². The Hall–Kier alpha value is -6.60. The zero-order valence-corrected chi connectivity index (χ0v) is 44.2. The molecule has 368 valence electrons. The molecule has 9 aromatic carbocycles. The zero-order chi connectivity index (χ0) is 51.1. The van der Waals surface area contributed by atoms with Crippen molar-refractivity contribution in [2.75, 3.05) is 19.1 Å². The lowest BCUT2D eigenvalue weighted by molar-refractivity contribution is 0.340. The summed E-state index contributed by atoms with van der Waals surface area (Å²) in [6, 6.07) is 61.5. The van der Waals surface area contributed by atoms with Crippen LogP contribution in [0.25, 0.3) is 21.5 Å². The molecule has 0 saturated carbocycles. The van der Waals surface area contributed by atoms with E-state index in [1.807, 2.05) is 81.9 Å². The van der Waals surface area contributed by atoms with E-state index in [4.69, 9.17) is 19.5 Å². The Labute approximate surface area is 438 Å². The minimum absolute atomic E-state index is 0.240. The maximum absolute atomic E-state index is 12.5. The first-order valence-electron chi connectivity index (χ1n) is 24.6. The average Bonchev–Trinajstić information content (AvgIpc) is 3.41. The third kappa shape index (κ3) is 12.4. The van der Waals surface area contributed by atoms with Gasteiger partial charge in [0.25, 0.3) is 0 Å². The molecule has 9 aromatic rings. The summed E-state index contributed by atoms with van der Waals surface area (Å²) >= 11 is 3.68. The van der Waals surface area contributed by atoms with Crippen molar-refractivity contribution in [3.05, 3.63) is 226 Å². The lowest BCUT2D eigenvalue weighted by Crippen LogP contribution is -2.29. The van der Waals surface area contributed by atoms with Gasteiger partial charge in [0, 0.05) is 31.2 Å². The Bertz CT molecular complexity index is 3580. The summed E-state index contributed by atoms with van der Waals surface area (Å²) in [5, 5.41) is 22.6. The monoisotopic (exact) mass is 1020 g/mol. The maximum Gasteiger partial charge on any atom is 0.488 e. The highest BCUT2D eigenvalue weighted by Crippen LogP contribution is 2.42. The molecule has 2 heterocycles. The standard InChI is InChI=1S/C27H24OS.C23H21NO2S2.C12H13BO3/c1-3-28-25-12-10-21-14-19(8-9-22(21)17-25)18(2)20-11-13-27-24(15-20)16-23-6-4-5-7-26(23)29-27;1-16-7-10-21(11-8-16)28(25,26)15-24-17(2)18-9-12-23-20(13-18)14-19-5-3-4-6-22(19)27-23;1-2-16-12-6-4-9-7-11(13(14)15)5-3-10(9)8-12/h4-15,17-18H,3,16H2,1-2H3;3-13H,14-15H2,1-2H3;3-8,14-15H,2H2,1H3. The molecule has 0 aromatic heterocycles. The number of fused-ring (bicyclic) bond motifs is 6. The Morgan fingerprint density at radius 1 is 0.575 bits per heavy atom. The molecule has 2 aliphatic heterocycles. The van der Waals surface area contributed by atoms with Gasteiger partial charge in [0.1, 0.15) is 17.4 Å². The van der Waals surface area contributed by atoms with E-state index in [2.05, 4.69) is 127 Å². The topological polar surface area (TPSA) is 105 Å². The number of hydrogen-bond donors (Lipinski definition) is 2. The molecular formula is C62H58BNO6S3. The van der Waals surface area contributed by atoms with E-state index in [0.717, 1.165) is 52.0 Å². The number of hydrogen-bond acceptors (Lipinski definition) is 9. The van der Waals surface area contributed by atoms with E-state index in [0.29, 0.717) is 29.5 Å². The van der Waals surface area contributed by atoms with Crippen molar-refractivity contribution >= 4 is 73.2 Å². The number of benzene rings is 9. The van der Waals surface area contributed by atoms with E-state index in [9.17, 15) is 8.42 Å². The van der Waals surface area contributed by atoms with Crippen LogP contribution in [-0.4, -0.2) is 50.4 Å². The predicted molar refractivity (Wildman–Crippen MR) is 303 cm³/mol. The van der Waals surface area contributed by atoms with Crippen LogP contribution in [0.5, 0.6) is 11.5 Å². The highest BCUT2D eigenvalue weighted by atomic mass is 32.2. The summed E-state index contributed by atoms with van der Waals surface area (Å²) in [5.74, 6) is 1.88. The van der Waals surface area contributed by atoms with Gasteiger partial charge in [0.15, 0.2) is 9.84 Å². The zero-order valence-electron chi connectivity index (χ0n) is 41.7. The smallest absolute Gasteiger partial charge is 0.488 e. The molecule has 73 heavy (non-hydrogen) atoms. The first-order chi connectivity index (χ1) is 35.3. The molecule has 0 amide bonds. The second-order valence-corrected chi connectivity index (χ2v) is 22.4. The number of nitrogens with zero attached hydrogens (tertiary/aromatic N) is 1. The van der Waals surface area contributed by atoms with Crippen LogP contribution in [0.15, 0.2) is 211 Å². The average molecular weight is 1020 g/mol. The van der Waals surface area contributed by atoms with Crippen LogP contribution >= 0.6 is 23.5 Å². The molecule has 0 radical (unpaired) electrons. The molecule has 0 bridgehead atoms. The summed E-state index contributed by atoms with van der Waals surface area (Å²) in [4.78, 5) is 10.0. The number of aliphatic imine (C=N–C) groups is 1. The van der Waals surface area contributed by atoms with Gasteiger partial charge < -0.3 is 19.5 Å². The number of sulfone groups is 1. The minimum atomic E-state index is -3.43. The Balaban J connectivity index is 0.000000141. The molecule has 0 fully saturated rings. The van der Waals surface area contributed by atoms with Gasteiger partial charge in [-0.05, 0) is 173 Å². The molecule has 0 aliphatic carbocycles. The number of rotatable bonds is 11. The lowest BCUT2D eigenvalue weighted by atomic mass is 9.79. The van der Waals surface area contributed by atoms with Crippen molar-refractivity contribution in [1.29, 1.82) is 0 Å². The van der Waals surface area contributed by atoms with E-state index in [-0.39, 0.29) is 5.88 Å². The lowest BCUT2D eigenvalue weighted by Gasteiger charge is -2.21. The second kappa shape index (κ2) is 23.1. The largest absolute Gasteiger partial charge is 0.494 e. The summed E-state index contributed by atoms with van der Waals surface area (Å²) in [6.45, 7) is 11.4. The van der Waals surface area contributed by atoms with E-state index in [1.54, 1.807) is 36.0 Å². The van der Waals surface area contributed by atoms with Gasteiger partial charge in [0.2, 0.25) is 0 Å². The molecule has 1 atom stereocenters. The fourth-order valence-electron chi connectivity index (χ4n) is 9.01. The van der Waals surface area contributed by atoms with Crippen LogP contribution in [0.1, 0.15) is 78.1 Å². The quantitative estimate of drug-likeness (QED) is 0.0975. The van der Waals surface area contributed by atoms with Gasteiger partial charge in [-0.25, -0.2) is 8.42 Å². The molecular weight excluding hydrogens is 962 g/mol. The fourth-order valence-corrected chi connectivity index (χ4v) is 12.2. The van der Waals surface area contributed by atoms with Gasteiger partial charge >= 0.3 is 7.12 Å². The van der Waals surface area contributed by atoms with Crippen molar-refractivity contribution in [2.45, 2.75) is 77.9 Å². The first-order valence-corrected chi connectivity index (χ1v) is 27.9. The molecule has 2 aliphatic rings. The number of ether oxygens (including phenoxy) is 2. The minimum Gasteiger partial charge on any atom is -0.494 e. The Kier molecular flexibility index (Phi) is 16.2. The SMILES string of the molecule is CC(=NCS(=O)(=O)c1ccc(C)cc1)c1ccc2c(c1)Cc1ccccc1S2.CCOc1ccc2cc(B(O)O)ccc2c1.CCOc1ccc2cc(C(C)c3ccc4c(c3)Cc3ccccc3S4)ccc2c1. The predicted octanol–water partition coefficient (Wildman–Crippen LogP) is 13.7. The highest BCUT2D eigenvalue weighted by Gasteiger charge is 2.20. The van der Waals surface area contributed by atoms with Gasteiger partial charge in [0.05, 0.1) is 18.1 Å². The summed E-state index contributed by atoms with van der Waals surface area (Å²) in [7, 11) is -4.85. The van der Waals surface area contributed by atoms with Crippen LogP contribution < -0.4 is 14.9 Å². The van der Waals surface area contributed by atoms with Crippen molar-refractivity contribution < 1.29 is 27.9 Å². The van der Waals surface area contributed by atoms with Crippen LogP contribution in [0.4, 0.5) is 0 Å². The van der Waals surface area contributed by atoms with Crippen molar-refractivity contribution in [3.8, 4) is 11.5 Å².